The number of carbonyl (C=O) groups excluding carboxylic acids is 1. The molecule has 0 fully saturated rings. The molecule has 0 unspecified atom stereocenters. The van der Waals surface area contributed by atoms with Gasteiger partial charge in [0.2, 0.25) is 5.91 Å². The number of anilines is 1. The van der Waals surface area contributed by atoms with Gasteiger partial charge in [0.15, 0.2) is 5.16 Å². The van der Waals surface area contributed by atoms with Crippen LogP contribution in [0.2, 0.25) is 0 Å². The zero-order valence-corrected chi connectivity index (χ0v) is 14.1. The molecule has 118 valence electrons. The van der Waals surface area contributed by atoms with Gasteiger partial charge in [-0.2, -0.15) is 0 Å². The fraction of sp³-hybridized carbons (Fsp3) is 0.438. The van der Waals surface area contributed by atoms with Crippen LogP contribution >= 0.6 is 11.8 Å². The quantitative estimate of drug-likeness (QED) is 0.796. The van der Waals surface area contributed by atoms with Crippen molar-refractivity contribution in [2.24, 2.45) is 0 Å². The van der Waals surface area contributed by atoms with E-state index < -0.39 is 0 Å². The average Bonchev–Trinajstić information content (AvgIpc) is 2.87. The Hall–Kier alpha value is -1.82. The number of thioether (sulfide) groups is 1. The molecule has 2 aromatic rings. The minimum absolute atomic E-state index is 0.0189. The molecule has 5 nitrogen and oxygen atoms in total. The largest absolute Gasteiger partial charge is 0.325 e. The molecule has 1 heterocycles. The molecule has 0 saturated heterocycles. The zero-order chi connectivity index (χ0) is 15.9. The summed E-state index contributed by atoms with van der Waals surface area (Å²) in [4.78, 5) is 12.1. The highest BCUT2D eigenvalue weighted by atomic mass is 32.2. The van der Waals surface area contributed by atoms with E-state index in [4.69, 9.17) is 0 Å². The maximum atomic E-state index is 12.1. The molecular weight excluding hydrogens is 296 g/mol. The van der Waals surface area contributed by atoms with E-state index in [1.165, 1.54) is 11.8 Å². The molecule has 0 aliphatic carbocycles. The number of rotatable bonds is 7. The van der Waals surface area contributed by atoms with Gasteiger partial charge in [0, 0.05) is 12.2 Å². The number of nitrogens with one attached hydrogen (secondary N) is 1. The van der Waals surface area contributed by atoms with Crippen molar-refractivity contribution < 1.29 is 4.79 Å². The molecule has 2 rings (SSSR count). The van der Waals surface area contributed by atoms with E-state index in [2.05, 4.69) is 33.9 Å². The number of hydrogen-bond acceptors (Lipinski definition) is 4. The predicted octanol–water partition coefficient (Wildman–Crippen LogP) is 3.29. The number of para-hydroxylation sites is 1. The molecule has 6 heteroatoms. The molecule has 1 aromatic heterocycles. The predicted molar refractivity (Wildman–Crippen MR) is 90.2 cm³/mol. The Labute approximate surface area is 135 Å². The second-order valence-corrected chi connectivity index (χ2v) is 5.97. The Kier molecular flexibility index (Phi) is 6.00. The average molecular weight is 318 g/mol. The lowest BCUT2D eigenvalue weighted by atomic mass is 10.1. The Balaban J connectivity index is 1.96. The van der Waals surface area contributed by atoms with Crippen LogP contribution in [0.5, 0.6) is 0 Å². The van der Waals surface area contributed by atoms with Gasteiger partial charge in [-0.15, -0.1) is 10.2 Å². The Morgan fingerprint density at radius 2 is 2.05 bits per heavy atom. The lowest BCUT2D eigenvalue weighted by Gasteiger charge is -2.10. The molecule has 1 aromatic carbocycles. The van der Waals surface area contributed by atoms with E-state index in [9.17, 15) is 4.79 Å². The third-order valence-electron chi connectivity index (χ3n) is 3.35. The van der Waals surface area contributed by atoms with Crippen molar-refractivity contribution in [1.29, 1.82) is 0 Å². The van der Waals surface area contributed by atoms with Crippen molar-refractivity contribution in [2.45, 2.75) is 45.3 Å². The first-order valence-corrected chi connectivity index (χ1v) is 8.54. The zero-order valence-electron chi connectivity index (χ0n) is 13.3. The maximum absolute atomic E-state index is 12.1. The SMILES string of the molecule is CCCn1c(C)nnc1SCC(=O)Nc1ccccc1CC. The fourth-order valence-electron chi connectivity index (χ4n) is 2.22. The monoisotopic (exact) mass is 318 g/mol. The number of hydrogen-bond donors (Lipinski definition) is 1. The third kappa shape index (κ3) is 4.10. The molecule has 22 heavy (non-hydrogen) atoms. The van der Waals surface area contributed by atoms with Crippen molar-refractivity contribution in [1.82, 2.24) is 14.8 Å². The van der Waals surface area contributed by atoms with Gasteiger partial charge in [0.1, 0.15) is 5.82 Å². The lowest BCUT2D eigenvalue weighted by Crippen LogP contribution is -2.15. The second kappa shape index (κ2) is 7.98. The molecule has 0 aliphatic rings. The summed E-state index contributed by atoms with van der Waals surface area (Å²) >= 11 is 1.43. The standard InChI is InChI=1S/C16H22N4OS/c1-4-10-20-12(3)18-19-16(20)22-11-15(21)17-14-9-7-6-8-13(14)5-2/h6-9H,4-5,10-11H2,1-3H3,(H,17,21). The summed E-state index contributed by atoms with van der Waals surface area (Å²) in [6, 6.07) is 7.89. The normalized spacial score (nSPS) is 10.7. The summed E-state index contributed by atoms with van der Waals surface area (Å²) in [7, 11) is 0. The molecule has 0 spiro atoms. The van der Waals surface area contributed by atoms with Crippen LogP contribution in [-0.4, -0.2) is 26.4 Å². The second-order valence-electron chi connectivity index (χ2n) is 5.03. The van der Waals surface area contributed by atoms with Gasteiger partial charge < -0.3 is 9.88 Å². The van der Waals surface area contributed by atoms with Crippen LogP contribution in [0.1, 0.15) is 31.7 Å². The fourth-order valence-corrected chi connectivity index (χ4v) is 3.03. The van der Waals surface area contributed by atoms with Gasteiger partial charge in [0.05, 0.1) is 5.75 Å². The van der Waals surface area contributed by atoms with Gasteiger partial charge >= 0.3 is 0 Å². The van der Waals surface area contributed by atoms with Crippen LogP contribution in [0.15, 0.2) is 29.4 Å². The van der Waals surface area contributed by atoms with Crippen molar-refractivity contribution >= 4 is 23.4 Å². The summed E-state index contributed by atoms with van der Waals surface area (Å²) in [5, 5.41) is 12.0. The van der Waals surface area contributed by atoms with Gasteiger partial charge in [-0.3, -0.25) is 4.79 Å². The third-order valence-corrected chi connectivity index (χ3v) is 4.32. The molecule has 0 bridgehead atoms. The topological polar surface area (TPSA) is 59.8 Å². The Bertz CT molecular complexity index is 639. The molecule has 1 amide bonds. The van der Waals surface area contributed by atoms with Crippen LogP contribution in [0.4, 0.5) is 5.69 Å². The van der Waals surface area contributed by atoms with E-state index in [0.717, 1.165) is 41.6 Å². The molecule has 0 radical (unpaired) electrons. The summed E-state index contributed by atoms with van der Waals surface area (Å²) in [5.74, 6) is 1.20. The van der Waals surface area contributed by atoms with Crippen molar-refractivity contribution in [3.05, 3.63) is 35.7 Å². The smallest absolute Gasteiger partial charge is 0.234 e. The maximum Gasteiger partial charge on any atom is 0.234 e. The van der Waals surface area contributed by atoms with E-state index in [0.29, 0.717) is 5.75 Å². The first-order valence-electron chi connectivity index (χ1n) is 7.56. The molecule has 0 aliphatic heterocycles. The number of aromatic nitrogens is 3. The number of carbonyl (C=O) groups is 1. The van der Waals surface area contributed by atoms with Crippen LogP contribution in [0.25, 0.3) is 0 Å². The highest BCUT2D eigenvalue weighted by Crippen LogP contribution is 2.19. The van der Waals surface area contributed by atoms with Crippen LogP contribution in [0.3, 0.4) is 0 Å². The van der Waals surface area contributed by atoms with E-state index in [-0.39, 0.29) is 5.91 Å². The van der Waals surface area contributed by atoms with Crippen molar-refractivity contribution in [3.8, 4) is 0 Å². The Morgan fingerprint density at radius 3 is 2.77 bits per heavy atom. The van der Waals surface area contributed by atoms with Crippen LogP contribution < -0.4 is 5.32 Å². The van der Waals surface area contributed by atoms with Crippen molar-refractivity contribution in [2.75, 3.05) is 11.1 Å². The van der Waals surface area contributed by atoms with Crippen LogP contribution in [0, 0.1) is 6.92 Å². The van der Waals surface area contributed by atoms with E-state index in [1.807, 2.05) is 31.2 Å². The highest BCUT2D eigenvalue weighted by molar-refractivity contribution is 7.99. The van der Waals surface area contributed by atoms with E-state index in [1.54, 1.807) is 0 Å². The minimum atomic E-state index is -0.0189. The van der Waals surface area contributed by atoms with Gasteiger partial charge in [0.25, 0.3) is 0 Å². The van der Waals surface area contributed by atoms with Crippen LogP contribution in [-0.2, 0) is 17.8 Å². The molecule has 0 atom stereocenters. The summed E-state index contributed by atoms with van der Waals surface area (Å²) in [6.45, 7) is 7.00. The highest BCUT2D eigenvalue weighted by Gasteiger charge is 2.12. The first kappa shape index (κ1) is 16.5. The first-order chi connectivity index (χ1) is 10.7. The Morgan fingerprint density at radius 1 is 1.27 bits per heavy atom. The number of amides is 1. The minimum Gasteiger partial charge on any atom is -0.325 e. The lowest BCUT2D eigenvalue weighted by molar-refractivity contribution is -0.113. The molecule has 1 N–H and O–H groups in total. The van der Waals surface area contributed by atoms with E-state index >= 15 is 0 Å². The van der Waals surface area contributed by atoms with Gasteiger partial charge in [-0.25, -0.2) is 0 Å². The summed E-state index contributed by atoms with van der Waals surface area (Å²) in [5.41, 5.74) is 2.03. The summed E-state index contributed by atoms with van der Waals surface area (Å²) < 4.78 is 2.05. The van der Waals surface area contributed by atoms with Gasteiger partial charge in [-0.1, -0.05) is 43.8 Å². The van der Waals surface area contributed by atoms with Crippen molar-refractivity contribution in [3.63, 3.8) is 0 Å². The van der Waals surface area contributed by atoms with Gasteiger partial charge in [-0.05, 0) is 31.4 Å². The number of nitrogens with zero attached hydrogens (tertiary/aromatic N) is 3. The summed E-state index contributed by atoms with van der Waals surface area (Å²) in [6.07, 6.45) is 1.91. The number of aryl methyl sites for hydroxylation is 2. The molecular formula is C16H22N4OS. The molecule has 0 saturated carbocycles. The number of benzene rings is 1.